The lowest BCUT2D eigenvalue weighted by Crippen LogP contribution is -2.61. The van der Waals surface area contributed by atoms with E-state index in [4.69, 9.17) is 5.73 Å². The predicted octanol–water partition coefficient (Wildman–Crippen LogP) is 0.0820. The average molecular weight is 705 g/mol. The molecule has 0 bridgehead atoms. The maximum absolute atomic E-state index is 13.5. The van der Waals surface area contributed by atoms with Crippen LogP contribution in [0.2, 0.25) is 0 Å². The maximum atomic E-state index is 13.5. The van der Waals surface area contributed by atoms with Gasteiger partial charge < -0.3 is 42.5 Å². The van der Waals surface area contributed by atoms with Gasteiger partial charge in [-0.25, -0.2) is 4.79 Å². The molecule has 16 heteroatoms. The van der Waals surface area contributed by atoms with E-state index in [0.29, 0.717) is 6.42 Å². The molecular weight excluding hydrogens is 652 g/mol. The molecule has 50 heavy (non-hydrogen) atoms. The lowest BCUT2D eigenvalue weighted by molar-refractivity contribution is -0.144. The summed E-state index contributed by atoms with van der Waals surface area (Å²) in [6.45, 7) is 11.8. The molecular formula is C34H52N6O10. The van der Waals surface area contributed by atoms with Crippen LogP contribution in [0.15, 0.2) is 30.3 Å². The Kier molecular flexibility index (Phi) is 17.6. The summed E-state index contributed by atoms with van der Waals surface area (Å²) in [7, 11) is 0. The van der Waals surface area contributed by atoms with Gasteiger partial charge in [0.05, 0.1) is 12.8 Å². The number of nitrogens with two attached hydrogens (primary N) is 1. The van der Waals surface area contributed by atoms with Gasteiger partial charge in [-0.15, -0.1) is 0 Å². The summed E-state index contributed by atoms with van der Waals surface area (Å²) < 4.78 is 0. The van der Waals surface area contributed by atoms with Crippen molar-refractivity contribution in [2.24, 2.45) is 29.4 Å². The highest BCUT2D eigenvalue weighted by Gasteiger charge is 2.35. The third-order valence-corrected chi connectivity index (χ3v) is 7.70. The summed E-state index contributed by atoms with van der Waals surface area (Å²) in [4.78, 5) is 101. The van der Waals surface area contributed by atoms with Crippen LogP contribution >= 0.6 is 0 Å². The molecule has 0 radical (unpaired) electrons. The summed E-state index contributed by atoms with van der Waals surface area (Å²) in [5.74, 6) is -9.65. The SMILES string of the molecule is CC(C)C[C@H](NC(=O)[C@H](CC(=O)O)NC(=O)[C@H](CC(N)=O)NC(=O)[C@@H](NC(=O)[C@@H](NC(=O)[C@@H](C)Cc1ccccc1)C(C)C)C(C)C)C(=O)O. The Labute approximate surface area is 292 Å². The van der Waals surface area contributed by atoms with Crippen molar-refractivity contribution < 1.29 is 48.6 Å². The van der Waals surface area contributed by atoms with Crippen molar-refractivity contribution in [3.8, 4) is 0 Å². The Morgan fingerprint density at radius 2 is 1.04 bits per heavy atom. The predicted molar refractivity (Wildman–Crippen MR) is 182 cm³/mol. The number of carboxylic acids is 2. The second-order valence-corrected chi connectivity index (χ2v) is 13.5. The highest BCUT2D eigenvalue weighted by molar-refractivity contribution is 5.98. The second-order valence-electron chi connectivity index (χ2n) is 13.5. The van der Waals surface area contributed by atoms with Crippen LogP contribution in [0.4, 0.5) is 0 Å². The van der Waals surface area contributed by atoms with Gasteiger partial charge in [0.15, 0.2) is 0 Å². The first-order valence-electron chi connectivity index (χ1n) is 16.5. The van der Waals surface area contributed by atoms with Crippen molar-refractivity contribution >= 4 is 47.4 Å². The zero-order valence-corrected chi connectivity index (χ0v) is 29.6. The van der Waals surface area contributed by atoms with Gasteiger partial charge in [0.25, 0.3) is 0 Å². The van der Waals surface area contributed by atoms with Gasteiger partial charge >= 0.3 is 11.9 Å². The molecule has 0 aliphatic carbocycles. The van der Waals surface area contributed by atoms with Crippen LogP contribution in [0, 0.1) is 23.7 Å². The number of carbonyl (C=O) groups excluding carboxylic acids is 6. The molecule has 0 unspecified atom stereocenters. The topological polar surface area (TPSA) is 263 Å². The fraction of sp³-hybridized carbons (Fsp3) is 0.588. The Morgan fingerprint density at radius 3 is 1.48 bits per heavy atom. The number of carbonyl (C=O) groups is 8. The van der Waals surface area contributed by atoms with Crippen LogP contribution in [-0.4, -0.2) is 87.8 Å². The van der Waals surface area contributed by atoms with Crippen molar-refractivity contribution in [3.63, 3.8) is 0 Å². The van der Waals surface area contributed by atoms with E-state index in [0.717, 1.165) is 5.56 Å². The molecule has 0 heterocycles. The molecule has 1 aromatic rings. The van der Waals surface area contributed by atoms with Crippen LogP contribution in [0.3, 0.4) is 0 Å². The van der Waals surface area contributed by atoms with Gasteiger partial charge in [-0.1, -0.05) is 78.8 Å². The van der Waals surface area contributed by atoms with E-state index in [1.54, 1.807) is 48.5 Å². The fourth-order valence-corrected chi connectivity index (χ4v) is 4.96. The van der Waals surface area contributed by atoms with E-state index < -0.39 is 96.4 Å². The fourth-order valence-electron chi connectivity index (χ4n) is 4.96. The molecule has 6 atom stereocenters. The van der Waals surface area contributed by atoms with Gasteiger partial charge in [0.2, 0.25) is 35.4 Å². The quantitative estimate of drug-likeness (QED) is 0.0854. The Bertz CT molecular complexity index is 1370. The molecule has 0 saturated carbocycles. The van der Waals surface area contributed by atoms with E-state index in [1.807, 2.05) is 30.3 Å². The van der Waals surface area contributed by atoms with Gasteiger partial charge in [-0.3, -0.25) is 33.6 Å². The van der Waals surface area contributed by atoms with Crippen LogP contribution in [0.25, 0.3) is 0 Å². The molecule has 1 aromatic carbocycles. The number of carboxylic acid groups (broad SMARTS) is 2. The van der Waals surface area contributed by atoms with E-state index in [1.165, 1.54) is 0 Å². The molecule has 0 aromatic heterocycles. The van der Waals surface area contributed by atoms with Gasteiger partial charge in [0.1, 0.15) is 30.2 Å². The van der Waals surface area contributed by atoms with Gasteiger partial charge in [0, 0.05) is 5.92 Å². The zero-order chi connectivity index (χ0) is 38.3. The number of primary amides is 1. The summed E-state index contributed by atoms with van der Waals surface area (Å²) in [6.07, 6.45) is -1.25. The summed E-state index contributed by atoms with van der Waals surface area (Å²) in [5, 5.41) is 30.9. The first kappa shape index (κ1) is 43.0. The number of amides is 6. The highest BCUT2D eigenvalue weighted by Crippen LogP contribution is 2.12. The monoisotopic (exact) mass is 704 g/mol. The van der Waals surface area contributed by atoms with Gasteiger partial charge in [-0.05, 0) is 36.2 Å². The minimum absolute atomic E-state index is 0.0194. The number of hydrogen-bond donors (Lipinski definition) is 8. The molecule has 6 amide bonds. The number of aliphatic carboxylic acids is 2. The van der Waals surface area contributed by atoms with Crippen molar-refractivity contribution in [3.05, 3.63) is 35.9 Å². The lowest BCUT2D eigenvalue weighted by Gasteiger charge is -2.29. The summed E-state index contributed by atoms with van der Waals surface area (Å²) in [5.41, 5.74) is 6.26. The van der Waals surface area contributed by atoms with Crippen LogP contribution in [-0.2, 0) is 44.8 Å². The van der Waals surface area contributed by atoms with Crippen LogP contribution in [0.5, 0.6) is 0 Å². The van der Waals surface area contributed by atoms with Crippen molar-refractivity contribution in [1.82, 2.24) is 26.6 Å². The Hall–Kier alpha value is -5.02. The smallest absolute Gasteiger partial charge is 0.326 e. The number of rotatable bonds is 21. The zero-order valence-electron chi connectivity index (χ0n) is 29.6. The van der Waals surface area contributed by atoms with Crippen molar-refractivity contribution in [2.45, 2.75) is 104 Å². The third-order valence-electron chi connectivity index (χ3n) is 7.70. The van der Waals surface area contributed by atoms with Crippen molar-refractivity contribution in [1.29, 1.82) is 0 Å². The minimum atomic E-state index is -1.78. The first-order valence-corrected chi connectivity index (χ1v) is 16.5. The minimum Gasteiger partial charge on any atom is -0.481 e. The summed E-state index contributed by atoms with van der Waals surface area (Å²) in [6, 6.07) is 2.20. The largest absolute Gasteiger partial charge is 0.481 e. The van der Waals surface area contributed by atoms with E-state index in [2.05, 4.69) is 26.6 Å². The van der Waals surface area contributed by atoms with E-state index >= 15 is 0 Å². The third kappa shape index (κ3) is 15.0. The standard InChI is InChI=1S/C34H52N6O10/c1-17(2)13-24(34(49)50)38-31(46)23(16-26(42)43)36-30(45)22(15-25(35)41)37-32(47)27(18(3)4)40-33(48)28(19(5)6)39-29(44)20(7)14-21-11-9-8-10-12-21/h8-12,17-20,22-24,27-28H,13-16H2,1-7H3,(H2,35,41)(H,36,45)(H,37,47)(H,38,46)(H,39,44)(H,40,48)(H,42,43)(H,49,50)/t20-,22-,23-,24-,27-,28-/m0/s1. The van der Waals surface area contributed by atoms with Crippen molar-refractivity contribution in [2.75, 3.05) is 0 Å². The molecule has 0 fully saturated rings. The Balaban J connectivity index is 3.14. The number of nitrogens with one attached hydrogen (secondary N) is 5. The molecule has 278 valence electrons. The molecule has 1 rings (SSSR count). The Morgan fingerprint density at radius 1 is 0.600 bits per heavy atom. The average Bonchev–Trinajstić information content (AvgIpc) is 3.00. The lowest BCUT2D eigenvalue weighted by atomic mass is 9.97. The van der Waals surface area contributed by atoms with Gasteiger partial charge in [-0.2, -0.15) is 0 Å². The molecule has 9 N–H and O–H groups in total. The number of benzene rings is 1. The normalized spacial score (nSPS) is 14.8. The summed E-state index contributed by atoms with van der Waals surface area (Å²) >= 11 is 0. The second kappa shape index (κ2) is 20.5. The van der Waals surface area contributed by atoms with Crippen LogP contribution < -0.4 is 32.3 Å². The first-order chi connectivity index (χ1) is 23.2. The number of hydrogen-bond acceptors (Lipinski definition) is 8. The molecule has 0 aliphatic heterocycles. The van der Waals surface area contributed by atoms with E-state index in [-0.39, 0.29) is 24.2 Å². The van der Waals surface area contributed by atoms with Crippen LogP contribution in [0.1, 0.15) is 73.3 Å². The molecule has 0 saturated heterocycles. The molecule has 0 spiro atoms. The highest BCUT2D eigenvalue weighted by atomic mass is 16.4. The molecule has 0 aliphatic rings. The molecule has 16 nitrogen and oxygen atoms in total. The maximum Gasteiger partial charge on any atom is 0.326 e. The van der Waals surface area contributed by atoms with E-state index in [9.17, 15) is 48.6 Å².